The van der Waals surface area contributed by atoms with Crippen molar-refractivity contribution in [3.63, 3.8) is 0 Å². The van der Waals surface area contributed by atoms with E-state index in [0.717, 1.165) is 54.9 Å². The van der Waals surface area contributed by atoms with Crippen LogP contribution in [0.25, 0.3) is 0 Å². The van der Waals surface area contributed by atoms with Crippen LogP contribution in [0.2, 0.25) is 5.02 Å². The van der Waals surface area contributed by atoms with Gasteiger partial charge in [0.2, 0.25) is 0 Å². The molecule has 3 aromatic carbocycles. The molecule has 0 aromatic heterocycles. The van der Waals surface area contributed by atoms with Gasteiger partial charge in [-0.3, -0.25) is 4.79 Å². The highest BCUT2D eigenvalue weighted by molar-refractivity contribution is 7.92. The minimum absolute atomic E-state index is 0.0201. The molecule has 1 N–H and O–H groups in total. The van der Waals surface area contributed by atoms with Crippen LogP contribution in [0.5, 0.6) is 5.75 Å². The summed E-state index contributed by atoms with van der Waals surface area (Å²) in [6, 6.07) is 20.8. The molecule has 9 nitrogen and oxygen atoms in total. The number of anilines is 1. The highest BCUT2D eigenvalue weighted by Gasteiger charge is 2.44. The summed E-state index contributed by atoms with van der Waals surface area (Å²) in [5, 5.41) is 0.738. The van der Waals surface area contributed by atoms with E-state index in [0.29, 0.717) is 43.6 Å². The predicted molar refractivity (Wildman–Crippen MR) is 200 cm³/mol. The van der Waals surface area contributed by atoms with E-state index in [-0.39, 0.29) is 22.8 Å². The molecule has 2 amide bonds. The number of allylic oxidation sites excluding steroid dienone is 1. The van der Waals surface area contributed by atoms with Gasteiger partial charge in [0.05, 0.1) is 24.2 Å². The van der Waals surface area contributed by atoms with E-state index in [9.17, 15) is 13.8 Å². The first-order chi connectivity index (χ1) is 24.6. The van der Waals surface area contributed by atoms with Gasteiger partial charge in [0.25, 0.3) is 5.91 Å². The molecule has 2 aliphatic carbocycles. The molecule has 51 heavy (non-hydrogen) atoms. The van der Waals surface area contributed by atoms with Crippen LogP contribution in [0.3, 0.4) is 0 Å². The van der Waals surface area contributed by atoms with Gasteiger partial charge in [0.15, 0.2) is 0 Å². The van der Waals surface area contributed by atoms with Gasteiger partial charge in [-0.2, -0.15) is 0 Å². The Morgan fingerprint density at radius 3 is 2.75 bits per heavy atom. The maximum atomic E-state index is 14.3. The second-order valence-corrected chi connectivity index (χ2v) is 16.9. The van der Waals surface area contributed by atoms with Crippen molar-refractivity contribution in [2.24, 2.45) is 16.2 Å². The molecule has 6 atom stereocenters. The first-order valence-corrected chi connectivity index (χ1v) is 20.0. The van der Waals surface area contributed by atoms with Gasteiger partial charge in [0.1, 0.15) is 21.8 Å². The molecule has 3 aromatic rings. The fourth-order valence-electron chi connectivity index (χ4n) is 8.22. The van der Waals surface area contributed by atoms with Crippen molar-refractivity contribution in [3.8, 4) is 5.75 Å². The Morgan fingerprint density at radius 2 is 1.96 bits per heavy atom. The van der Waals surface area contributed by atoms with Gasteiger partial charge in [-0.05, 0) is 111 Å². The highest BCUT2D eigenvalue weighted by Crippen LogP contribution is 2.47. The Morgan fingerprint density at radius 1 is 1.12 bits per heavy atom. The molecule has 1 fully saturated rings. The largest absolute Gasteiger partial charge is 0.490 e. The van der Waals surface area contributed by atoms with Crippen LogP contribution in [0, 0.1) is 11.8 Å². The summed E-state index contributed by atoms with van der Waals surface area (Å²) in [4.78, 5) is 29.3. The fourth-order valence-corrected chi connectivity index (χ4v) is 9.89. The van der Waals surface area contributed by atoms with Crippen LogP contribution in [0.15, 0.2) is 83.2 Å². The molecule has 7 rings (SSSR count). The minimum Gasteiger partial charge on any atom is -0.490 e. The Labute approximate surface area is 306 Å². The zero-order valence-electron chi connectivity index (χ0n) is 29.2. The number of nitrogens with zero attached hydrogens (tertiary/aromatic N) is 2. The summed E-state index contributed by atoms with van der Waals surface area (Å²) in [6.45, 7) is 3.73. The van der Waals surface area contributed by atoms with Crippen LogP contribution >= 0.6 is 11.6 Å². The lowest BCUT2D eigenvalue weighted by Gasteiger charge is -2.46. The van der Waals surface area contributed by atoms with Gasteiger partial charge in [-0.25, -0.2) is 13.7 Å². The molecule has 1 saturated carbocycles. The van der Waals surface area contributed by atoms with E-state index in [4.69, 9.17) is 25.8 Å². The summed E-state index contributed by atoms with van der Waals surface area (Å²) in [5.74, 6) is 0.738. The molecular formula is C40H46ClN3O6S. The third-order valence-electron chi connectivity index (χ3n) is 11.1. The lowest BCUT2D eigenvalue weighted by Crippen LogP contribution is -2.49. The maximum Gasteiger partial charge on any atom is 0.420 e. The molecule has 11 heteroatoms. The van der Waals surface area contributed by atoms with Crippen molar-refractivity contribution in [2.75, 3.05) is 37.5 Å². The van der Waals surface area contributed by atoms with Crippen molar-refractivity contribution >= 4 is 39.2 Å². The topological polar surface area (TPSA) is 107 Å². The van der Waals surface area contributed by atoms with E-state index in [1.807, 2.05) is 54.6 Å². The summed E-state index contributed by atoms with van der Waals surface area (Å²) in [7, 11) is -1.78. The molecule has 1 unspecified atom stereocenters. The van der Waals surface area contributed by atoms with Gasteiger partial charge in [-0.15, -0.1) is 4.36 Å². The first-order valence-electron chi connectivity index (χ1n) is 18.0. The van der Waals surface area contributed by atoms with Crippen molar-refractivity contribution in [1.82, 2.24) is 4.72 Å². The molecule has 0 saturated heterocycles. The Balaban J connectivity index is 1.24. The van der Waals surface area contributed by atoms with Crippen molar-refractivity contribution < 1.29 is 28.0 Å². The Bertz CT molecular complexity index is 1930. The maximum absolute atomic E-state index is 14.3. The molecule has 2 bridgehead atoms. The molecule has 270 valence electrons. The van der Waals surface area contributed by atoms with Gasteiger partial charge in [-0.1, -0.05) is 60.2 Å². The molecule has 2 heterocycles. The van der Waals surface area contributed by atoms with Gasteiger partial charge >= 0.3 is 6.09 Å². The van der Waals surface area contributed by atoms with Crippen molar-refractivity contribution in [1.29, 1.82) is 0 Å². The SMILES string of the molecule is CO[C@H]1/C=C/CCCS(=O)(NC(=O)O[C@@H](C)c2ccccc2)=NC(=O)c2ccc3c(c2)N(C[C@@H]2CC[C@H]21)C[C@@]1(CCCc2cc(Cl)ccc21)CO3. The van der Waals surface area contributed by atoms with E-state index in [2.05, 4.69) is 32.2 Å². The highest BCUT2D eigenvalue weighted by atomic mass is 35.5. The molecule has 1 spiro atoms. The smallest absolute Gasteiger partial charge is 0.420 e. The van der Waals surface area contributed by atoms with Crippen LogP contribution in [-0.4, -0.2) is 54.9 Å². The molecule has 2 aliphatic heterocycles. The third kappa shape index (κ3) is 7.69. The first kappa shape index (κ1) is 35.5. The summed E-state index contributed by atoms with van der Waals surface area (Å²) < 4.78 is 39.2. The van der Waals surface area contributed by atoms with Gasteiger partial charge in [0, 0.05) is 36.2 Å². The zero-order chi connectivity index (χ0) is 35.6. The number of hydrogen-bond donors (Lipinski definition) is 1. The average Bonchev–Trinajstić information content (AvgIpc) is 3.25. The second kappa shape index (κ2) is 15.0. The summed E-state index contributed by atoms with van der Waals surface area (Å²) in [6.07, 6.45) is 8.76. The Hall–Kier alpha value is -3.86. The Kier molecular flexibility index (Phi) is 10.5. The van der Waals surface area contributed by atoms with Crippen LogP contribution in [0.4, 0.5) is 10.5 Å². The number of nitrogens with one attached hydrogen (secondary N) is 1. The average molecular weight is 732 g/mol. The third-order valence-corrected chi connectivity index (χ3v) is 13.1. The van der Waals surface area contributed by atoms with E-state index < -0.39 is 28.0 Å². The number of halogens is 1. The van der Waals surface area contributed by atoms with E-state index in [1.165, 1.54) is 11.1 Å². The van der Waals surface area contributed by atoms with Crippen molar-refractivity contribution in [3.05, 3.63) is 106 Å². The van der Waals surface area contributed by atoms with E-state index in [1.54, 1.807) is 20.1 Å². The number of hydrogen-bond acceptors (Lipinski definition) is 7. The zero-order valence-corrected chi connectivity index (χ0v) is 30.8. The molecular weight excluding hydrogens is 686 g/mol. The predicted octanol–water partition coefficient (Wildman–Crippen LogP) is 8.21. The number of rotatable bonds is 4. The lowest BCUT2D eigenvalue weighted by atomic mass is 9.68. The molecule has 4 aliphatic rings. The lowest BCUT2D eigenvalue weighted by molar-refractivity contribution is 0.0132. The number of aryl methyl sites for hydroxylation is 1. The standard InChI is InChI=1S/C40H46ClN3O6S/c1-27(28-10-5-3-6-11-28)50-39(46)43-51(47)21-8-4-7-13-36(48-2)33-17-14-31(33)24-44-25-40(20-9-12-29-22-32(41)16-18-34(29)40)26-49-37-19-15-30(23-35(37)44)38(45)42-51/h3,5-7,10-11,13,15-16,18-19,22-23,27,31,33,36H,4,8-9,12,14,17,20-21,24-26H2,1-2H3,(H,42,43,45,46,47)/b13-7+/t27-,31-,33+,36-,40-,51?/m0/s1. The van der Waals surface area contributed by atoms with Crippen molar-refractivity contribution in [2.45, 2.75) is 69.5 Å². The number of methoxy groups -OCH3 is 1. The monoisotopic (exact) mass is 731 g/mol. The van der Waals surface area contributed by atoms with Crippen LogP contribution in [0.1, 0.15) is 78.6 Å². The van der Waals surface area contributed by atoms with Crippen LogP contribution < -0.4 is 14.4 Å². The fraction of sp³-hybridized carbons (Fsp3) is 0.450. The minimum atomic E-state index is -3.54. The van der Waals surface area contributed by atoms with Gasteiger partial charge < -0.3 is 19.1 Å². The number of carbonyl (C=O) groups excluding carboxylic acids is 2. The molecule has 0 radical (unpaired) electrons. The quantitative estimate of drug-likeness (QED) is 0.270. The second-order valence-electron chi connectivity index (χ2n) is 14.4. The number of fused-ring (bicyclic) bond motifs is 4. The number of carbonyl (C=O) groups is 2. The number of amides is 2. The van der Waals surface area contributed by atoms with Crippen LogP contribution in [-0.2, 0) is 31.2 Å². The normalized spacial score (nSPS) is 28.8. The van der Waals surface area contributed by atoms with E-state index >= 15 is 0 Å². The number of benzene rings is 3. The summed E-state index contributed by atoms with van der Waals surface area (Å²) in [5.41, 5.74) is 4.15. The summed E-state index contributed by atoms with van der Waals surface area (Å²) >= 11 is 6.45. The number of ether oxygens (including phenoxy) is 3.